The molecule has 2 saturated carbocycles. The van der Waals surface area contributed by atoms with Crippen LogP contribution < -0.4 is 10.2 Å². The van der Waals surface area contributed by atoms with Crippen molar-refractivity contribution in [3.05, 3.63) is 28.2 Å². The first-order valence-electron chi connectivity index (χ1n) is 6.95. The average molecular weight is 309 g/mol. The van der Waals surface area contributed by atoms with Crippen LogP contribution in [0.3, 0.4) is 0 Å². The SMILES string of the molecule is CN(CC1CC1)c1ccc(CNC2CC2)cc1Br. The van der Waals surface area contributed by atoms with Crippen LogP contribution in [0.4, 0.5) is 5.69 Å². The van der Waals surface area contributed by atoms with E-state index in [1.807, 2.05) is 0 Å². The minimum absolute atomic E-state index is 0.779. The fraction of sp³-hybridized carbons (Fsp3) is 0.600. The molecule has 2 fully saturated rings. The molecule has 18 heavy (non-hydrogen) atoms. The maximum absolute atomic E-state index is 3.71. The number of benzene rings is 1. The molecule has 0 bridgehead atoms. The van der Waals surface area contributed by atoms with Crippen LogP contribution >= 0.6 is 15.9 Å². The summed E-state index contributed by atoms with van der Waals surface area (Å²) in [6.45, 7) is 2.19. The highest BCUT2D eigenvalue weighted by atomic mass is 79.9. The number of rotatable bonds is 6. The van der Waals surface area contributed by atoms with Crippen molar-refractivity contribution in [3.63, 3.8) is 0 Å². The lowest BCUT2D eigenvalue weighted by atomic mass is 10.2. The number of nitrogens with one attached hydrogen (secondary N) is 1. The quantitative estimate of drug-likeness (QED) is 0.864. The first-order valence-corrected chi connectivity index (χ1v) is 7.74. The summed E-state index contributed by atoms with van der Waals surface area (Å²) in [4.78, 5) is 2.37. The fourth-order valence-corrected chi connectivity index (χ4v) is 3.03. The van der Waals surface area contributed by atoms with Gasteiger partial charge in [0.2, 0.25) is 0 Å². The van der Waals surface area contributed by atoms with Crippen LogP contribution in [0.15, 0.2) is 22.7 Å². The Bertz CT molecular complexity index is 425. The highest BCUT2D eigenvalue weighted by molar-refractivity contribution is 9.10. The number of halogens is 1. The van der Waals surface area contributed by atoms with Crippen LogP contribution in [-0.2, 0) is 6.54 Å². The lowest BCUT2D eigenvalue weighted by Crippen LogP contribution is -2.20. The highest BCUT2D eigenvalue weighted by Gasteiger charge is 2.23. The predicted molar refractivity (Wildman–Crippen MR) is 80.0 cm³/mol. The molecule has 0 aliphatic heterocycles. The molecule has 1 aromatic carbocycles. The van der Waals surface area contributed by atoms with Crippen LogP contribution in [0.25, 0.3) is 0 Å². The first-order chi connectivity index (χ1) is 8.72. The van der Waals surface area contributed by atoms with E-state index in [1.54, 1.807) is 0 Å². The second kappa shape index (κ2) is 5.22. The summed E-state index contributed by atoms with van der Waals surface area (Å²) in [5.74, 6) is 0.929. The normalized spacial score (nSPS) is 19.0. The van der Waals surface area contributed by atoms with E-state index >= 15 is 0 Å². The van der Waals surface area contributed by atoms with E-state index in [-0.39, 0.29) is 0 Å². The van der Waals surface area contributed by atoms with Gasteiger partial charge in [-0.1, -0.05) is 6.07 Å². The molecular weight excluding hydrogens is 288 g/mol. The van der Waals surface area contributed by atoms with Crippen LogP contribution in [0, 0.1) is 5.92 Å². The molecule has 0 atom stereocenters. The molecule has 3 rings (SSSR count). The maximum Gasteiger partial charge on any atom is 0.0508 e. The lowest BCUT2D eigenvalue weighted by molar-refractivity contribution is 0.687. The third-order valence-corrected chi connectivity index (χ3v) is 4.46. The van der Waals surface area contributed by atoms with Gasteiger partial charge in [0.25, 0.3) is 0 Å². The Kier molecular flexibility index (Phi) is 3.62. The van der Waals surface area contributed by atoms with E-state index in [1.165, 1.54) is 48.0 Å². The van der Waals surface area contributed by atoms with Gasteiger partial charge in [0, 0.05) is 30.7 Å². The summed E-state index contributed by atoms with van der Waals surface area (Å²) in [5.41, 5.74) is 2.69. The first kappa shape index (κ1) is 12.5. The molecule has 0 radical (unpaired) electrons. The predicted octanol–water partition coefficient (Wildman–Crippen LogP) is 3.55. The summed E-state index contributed by atoms with van der Waals surface area (Å²) in [7, 11) is 2.19. The van der Waals surface area contributed by atoms with Gasteiger partial charge in [-0.05, 0) is 65.2 Å². The minimum Gasteiger partial charge on any atom is -0.373 e. The van der Waals surface area contributed by atoms with Crippen molar-refractivity contribution in [1.82, 2.24) is 5.32 Å². The summed E-state index contributed by atoms with van der Waals surface area (Å²) < 4.78 is 1.22. The van der Waals surface area contributed by atoms with E-state index in [4.69, 9.17) is 0 Å². The molecule has 98 valence electrons. The standard InChI is InChI=1S/C15H21BrN2/c1-18(10-11-2-3-11)15-7-4-12(8-14(15)16)9-17-13-5-6-13/h4,7-8,11,13,17H,2-3,5-6,9-10H2,1H3. The third kappa shape index (κ3) is 3.27. The maximum atomic E-state index is 3.71. The summed E-state index contributed by atoms with van der Waals surface area (Å²) >= 11 is 3.71. The van der Waals surface area contributed by atoms with Crippen molar-refractivity contribution < 1.29 is 0 Å². The van der Waals surface area contributed by atoms with Gasteiger partial charge in [0.15, 0.2) is 0 Å². The van der Waals surface area contributed by atoms with Gasteiger partial charge >= 0.3 is 0 Å². The molecule has 0 aromatic heterocycles. The van der Waals surface area contributed by atoms with E-state index in [2.05, 4.69) is 51.4 Å². The Morgan fingerprint density at radius 3 is 2.67 bits per heavy atom. The van der Waals surface area contributed by atoms with Gasteiger partial charge in [-0.3, -0.25) is 0 Å². The minimum atomic E-state index is 0.779. The van der Waals surface area contributed by atoms with Crippen LogP contribution in [-0.4, -0.2) is 19.6 Å². The van der Waals surface area contributed by atoms with Crippen LogP contribution in [0.2, 0.25) is 0 Å². The van der Waals surface area contributed by atoms with Gasteiger partial charge in [-0.15, -0.1) is 0 Å². The monoisotopic (exact) mass is 308 g/mol. The number of nitrogens with zero attached hydrogens (tertiary/aromatic N) is 1. The van der Waals surface area contributed by atoms with Crippen LogP contribution in [0.5, 0.6) is 0 Å². The topological polar surface area (TPSA) is 15.3 Å². The smallest absolute Gasteiger partial charge is 0.0508 e. The molecule has 3 heteroatoms. The molecule has 0 heterocycles. The molecule has 2 nitrogen and oxygen atoms in total. The molecule has 2 aliphatic rings. The Hall–Kier alpha value is -0.540. The Morgan fingerprint density at radius 2 is 2.06 bits per heavy atom. The Labute approximate surface area is 118 Å². The molecule has 0 spiro atoms. The number of anilines is 1. The van der Waals surface area contributed by atoms with Crippen molar-refractivity contribution in [2.75, 3.05) is 18.5 Å². The largest absolute Gasteiger partial charge is 0.373 e. The summed E-state index contributed by atoms with van der Waals surface area (Å²) in [5, 5.41) is 3.56. The van der Waals surface area contributed by atoms with E-state index in [0.29, 0.717) is 0 Å². The number of hydrogen-bond donors (Lipinski definition) is 1. The lowest BCUT2D eigenvalue weighted by Gasteiger charge is -2.21. The van der Waals surface area contributed by atoms with Crippen molar-refractivity contribution in [3.8, 4) is 0 Å². The molecule has 1 aromatic rings. The van der Waals surface area contributed by atoms with Gasteiger partial charge in [-0.25, -0.2) is 0 Å². The van der Waals surface area contributed by atoms with Crippen molar-refractivity contribution in [2.24, 2.45) is 5.92 Å². The zero-order chi connectivity index (χ0) is 12.5. The zero-order valence-corrected chi connectivity index (χ0v) is 12.5. The molecule has 2 aliphatic carbocycles. The molecule has 0 saturated heterocycles. The van der Waals surface area contributed by atoms with Gasteiger partial charge in [0.05, 0.1) is 5.69 Å². The van der Waals surface area contributed by atoms with E-state index in [9.17, 15) is 0 Å². The summed E-state index contributed by atoms with van der Waals surface area (Å²) in [6, 6.07) is 7.53. The van der Waals surface area contributed by atoms with E-state index < -0.39 is 0 Å². The molecule has 0 unspecified atom stereocenters. The third-order valence-electron chi connectivity index (χ3n) is 3.82. The Balaban J connectivity index is 1.62. The van der Waals surface area contributed by atoms with Crippen molar-refractivity contribution in [2.45, 2.75) is 38.3 Å². The molecule has 0 amide bonds. The second-order valence-electron chi connectivity index (χ2n) is 5.76. The van der Waals surface area contributed by atoms with E-state index in [0.717, 1.165) is 18.5 Å². The van der Waals surface area contributed by atoms with Crippen LogP contribution in [0.1, 0.15) is 31.2 Å². The van der Waals surface area contributed by atoms with Gasteiger partial charge < -0.3 is 10.2 Å². The second-order valence-corrected chi connectivity index (χ2v) is 6.62. The fourth-order valence-electron chi connectivity index (χ4n) is 2.31. The Morgan fingerprint density at radius 1 is 1.28 bits per heavy atom. The number of hydrogen-bond acceptors (Lipinski definition) is 2. The van der Waals surface area contributed by atoms with Crippen molar-refractivity contribution in [1.29, 1.82) is 0 Å². The highest BCUT2D eigenvalue weighted by Crippen LogP contribution is 2.33. The summed E-state index contributed by atoms with van der Waals surface area (Å²) in [6.07, 6.45) is 5.52. The molecule has 1 N–H and O–H groups in total. The zero-order valence-electron chi connectivity index (χ0n) is 11.0. The van der Waals surface area contributed by atoms with Gasteiger partial charge in [0.1, 0.15) is 0 Å². The van der Waals surface area contributed by atoms with Crippen molar-refractivity contribution >= 4 is 21.6 Å². The average Bonchev–Trinajstić information content (AvgIpc) is 3.21. The molecular formula is C15H21BrN2. The van der Waals surface area contributed by atoms with Gasteiger partial charge in [-0.2, -0.15) is 0 Å².